The fourth-order valence-electron chi connectivity index (χ4n) is 2.99. The number of ketones is 1. The summed E-state index contributed by atoms with van der Waals surface area (Å²) in [5.74, 6) is -3.20. The number of imidazole rings is 1. The molecule has 2 amide bonds. The first-order valence-corrected chi connectivity index (χ1v) is 10.4. The zero-order chi connectivity index (χ0) is 27.9. The highest BCUT2D eigenvalue weighted by Crippen LogP contribution is 2.20. The Labute approximate surface area is 210 Å². The van der Waals surface area contributed by atoms with Crippen LogP contribution in [-0.2, 0) is 4.79 Å². The Morgan fingerprint density at radius 1 is 0.868 bits per heavy atom. The standard InChI is InChI=1S/C22H16N4O5.C2HF3O2/c27-19(13-10-11-17-18(12-13)24-21(23-17)25-22(29)30)15-8-4-5-9-16(15)20(28)26-31-14-6-2-1-3-7-14;3-2(4,5)1(6)7/h1-12H,(H,26,28)(H,29,30)(H2,23,24,25);(H,6,7). The number of nitrogens with zero attached hydrogens (tertiary/aromatic N) is 1. The molecule has 11 nitrogen and oxygen atoms in total. The lowest BCUT2D eigenvalue weighted by Gasteiger charge is -2.10. The van der Waals surface area contributed by atoms with Crippen molar-refractivity contribution >= 4 is 40.7 Å². The van der Waals surface area contributed by atoms with E-state index in [4.69, 9.17) is 19.8 Å². The van der Waals surface area contributed by atoms with Gasteiger partial charge in [0.1, 0.15) is 0 Å². The summed E-state index contributed by atoms with van der Waals surface area (Å²) >= 11 is 0. The number of alkyl halides is 3. The molecule has 4 rings (SSSR count). The van der Waals surface area contributed by atoms with Gasteiger partial charge in [-0.2, -0.15) is 18.7 Å². The summed E-state index contributed by atoms with van der Waals surface area (Å²) < 4.78 is 31.7. The van der Waals surface area contributed by atoms with Gasteiger partial charge in [0.25, 0.3) is 5.91 Å². The number of hydroxylamine groups is 1. The first-order chi connectivity index (χ1) is 18.0. The van der Waals surface area contributed by atoms with Crippen LogP contribution in [0.2, 0.25) is 0 Å². The first kappa shape index (κ1) is 27.2. The van der Waals surface area contributed by atoms with Crippen molar-refractivity contribution in [2.45, 2.75) is 6.18 Å². The van der Waals surface area contributed by atoms with Crippen LogP contribution in [0.25, 0.3) is 11.0 Å². The number of hydrogen-bond acceptors (Lipinski definition) is 6. The Bertz CT molecular complexity index is 1490. The third-order valence-corrected chi connectivity index (χ3v) is 4.63. The highest BCUT2D eigenvalue weighted by atomic mass is 19.4. The Morgan fingerprint density at radius 2 is 1.47 bits per heavy atom. The monoisotopic (exact) mass is 530 g/mol. The number of carboxylic acid groups (broad SMARTS) is 2. The highest BCUT2D eigenvalue weighted by molar-refractivity contribution is 6.16. The van der Waals surface area contributed by atoms with Crippen LogP contribution < -0.4 is 15.6 Å². The second-order valence-corrected chi connectivity index (χ2v) is 7.27. The maximum atomic E-state index is 13.1. The van der Waals surface area contributed by atoms with E-state index < -0.39 is 24.1 Å². The van der Waals surface area contributed by atoms with Crippen molar-refractivity contribution in [2.24, 2.45) is 0 Å². The van der Waals surface area contributed by atoms with Gasteiger partial charge in [0.05, 0.1) is 16.6 Å². The van der Waals surface area contributed by atoms with E-state index in [0.29, 0.717) is 22.3 Å². The van der Waals surface area contributed by atoms with Gasteiger partial charge in [-0.3, -0.25) is 14.9 Å². The third kappa shape index (κ3) is 7.07. The summed E-state index contributed by atoms with van der Waals surface area (Å²) in [4.78, 5) is 57.6. The van der Waals surface area contributed by atoms with Crippen molar-refractivity contribution in [2.75, 3.05) is 5.32 Å². The summed E-state index contributed by atoms with van der Waals surface area (Å²) in [5.41, 5.74) is 3.96. The van der Waals surface area contributed by atoms with Gasteiger partial charge < -0.3 is 20.0 Å². The summed E-state index contributed by atoms with van der Waals surface area (Å²) in [6.07, 6.45) is -6.34. The van der Waals surface area contributed by atoms with Gasteiger partial charge >= 0.3 is 18.2 Å². The number of anilines is 1. The summed E-state index contributed by atoms with van der Waals surface area (Å²) in [7, 11) is 0. The van der Waals surface area contributed by atoms with Gasteiger partial charge in [0, 0.05) is 11.1 Å². The average molecular weight is 530 g/mol. The fourth-order valence-corrected chi connectivity index (χ4v) is 2.99. The molecule has 0 bridgehead atoms. The number of aromatic nitrogens is 2. The molecule has 0 atom stereocenters. The normalized spacial score (nSPS) is 10.6. The number of para-hydroxylation sites is 1. The molecular formula is C24H17F3N4O7. The van der Waals surface area contributed by atoms with Crippen molar-refractivity contribution in [1.29, 1.82) is 0 Å². The van der Waals surface area contributed by atoms with Crippen LogP contribution in [-0.4, -0.2) is 50.1 Å². The third-order valence-electron chi connectivity index (χ3n) is 4.63. The smallest absolute Gasteiger partial charge is 0.475 e. The zero-order valence-electron chi connectivity index (χ0n) is 18.9. The largest absolute Gasteiger partial charge is 0.490 e. The second kappa shape index (κ2) is 11.6. The lowest BCUT2D eigenvalue weighted by Crippen LogP contribution is -2.28. The molecule has 0 radical (unpaired) electrons. The van der Waals surface area contributed by atoms with Gasteiger partial charge in [-0.15, -0.1) is 0 Å². The number of aromatic amines is 1. The molecule has 38 heavy (non-hydrogen) atoms. The van der Waals surface area contributed by atoms with Gasteiger partial charge in [-0.25, -0.2) is 14.6 Å². The van der Waals surface area contributed by atoms with E-state index in [1.165, 1.54) is 6.07 Å². The highest BCUT2D eigenvalue weighted by Gasteiger charge is 2.38. The molecule has 0 unspecified atom stereocenters. The Morgan fingerprint density at radius 3 is 2.08 bits per heavy atom. The molecule has 196 valence electrons. The minimum absolute atomic E-state index is 0.0462. The molecule has 1 aromatic heterocycles. The quantitative estimate of drug-likeness (QED) is 0.182. The van der Waals surface area contributed by atoms with E-state index in [0.717, 1.165) is 0 Å². The molecule has 0 spiro atoms. The molecular weight excluding hydrogens is 513 g/mol. The molecule has 0 saturated carbocycles. The molecule has 14 heteroatoms. The zero-order valence-corrected chi connectivity index (χ0v) is 18.9. The molecule has 0 saturated heterocycles. The van der Waals surface area contributed by atoms with Crippen LogP contribution in [0.4, 0.5) is 23.9 Å². The number of fused-ring (bicyclic) bond motifs is 1. The molecule has 5 N–H and O–H groups in total. The van der Waals surface area contributed by atoms with Crippen LogP contribution in [0.15, 0.2) is 72.8 Å². The van der Waals surface area contributed by atoms with Gasteiger partial charge in [-0.1, -0.05) is 36.4 Å². The molecule has 1 heterocycles. The Hall–Kier alpha value is -5.40. The number of aliphatic carboxylic acids is 1. The van der Waals surface area contributed by atoms with Crippen molar-refractivity contribution in [3.8, 4) is 5.75 Å². The maximum Gasteiger partial charge on any atom is 0.490 e. The SMILES string of the molecule is O=C(O)C(F)(F)F.O=C(O)Nc1nc2ccc(C(=O)c3ccccc3C(=O)NOc3ccccc3)cc2[nH]1. The molecule has 0 aliphatic heterocycles. The van der Waals surface area contributed by atoms with Crippen LogP contribution >= 0.6 is 0 Å². The van der Waals surface area contributed by atoms with Crippen molar-refractivity contribution in [3.05, 3.63) is 89.5 Å². The van der Waals surface area contributed by atoms with Gasteiger partial charge in [0.2, 0.25) is 5.95 Å². The minimum atomic E-state index is -5.08. The first-order valence-electron chi connectivity index (χ1n) is 10.4. The predicted molar refractivity (Wildman–Crippen MR) is 126 cm³/mol. The maximum absolute atomic E-state index is 13.1. The van der Waals surface area contributed by atoms with E-state index in [1.54, 1.807) is 60.7 Å². The summed E-state index contributed by atoms with van der Waals surface area (Å²) in [6.45, 7) is 0. The number of carbonyl (C=O) groups is 4. The predicted octanol–water partition coefficient (Wildman–Crippen LogP) is 4.24. The number of nitrogens with one attached hydrogen (secondary N) is 3. The fraction of sp³-hybridized carbons (Fsp3) is 0.0417. The number of benzene rings is 3. The van der Waals surface area contributed by atoms with Crippen LogP contribution in [0.5, 0.6) is 5.75 Å². The van der Waals surface area contributed by atoms with E-state index in [9.17, 15) is 27.6 Å². The topological polar surface area (TPSA) is 171 Å². The van der Waals surface area contributed by atoms with E-state index in [2.05, 4.69) is 20.8 Å². The Balaban J connectivity index is 0.000000505. The summed E-state index contributed by atoms with van der Waals surface area (Å²) in [5, 5.41) is 18.1. The molecule has 4 aromatic rings. The minimum Gasteiger partial charge on any atom is -0.475 e. The number of amides is 2. The van der Waals surface area contributed by atoms with Gasteiger partial charge in [-0.05, 0) is 36.4 Å². The summed E-state index contributed by atoms with van der Waals surface area (Å²) in [6, 6.07) is 19.8. The Kier molecular flexibility index (Phi) is 8.27. The lowest BCUT2D eigenvalue weighted by atomic mass is 9.98. The molecule has 0 aliphatic rings. The van der Waals surface area contributed by atoms with Crippen molar-refractivity contribution < 1.29 is 47.4 Å². The van der Waals surface area contributed by atoms with Crippen molar-refractivity contribution in [3.63, 3.8) is 0 Å². The van der Waals surface area contributed by atoms with E-state index in [-0.39, 0.29) is 22.9 Å². The van der Waals surface area contributed by atoms with Crippen LogP contribution in [0.3, 0.4) is 0 Å². The number of carboxylic acids is 1. The van der Waals surface area contributed by atoms with E-state index in [1.807, 2.05) is 6.07 Å². The molecule has 0 aliphatic carbocycles. The number of rotatable bonds is 6. The van der Waals surface area contributed by atoms with Crippen LogP contribution in [0, 0.1) is 0 Å². The van der Waals surface area contributed by atoms with Gasteiger partial charge in [0.15, 0.2) is 11.5 Å². The molecule has 0 fully saturated rings. The van der Waals surface area contributed by atoms with E-state index >= 15 is 0 Å². The number of carbonyl (C=O) groups excluding carboxylic acids is 2. The average Bonchev–Trinajstić information content (AvgIpc) is 3.28. The number of halogens is 3. The molecule has 3 aromatic carbocycles. The van der Waals surface area contributed by atoms with Crippen molar-refractivity contribution in [1.82, 2.24) is 15.4 Å². The second-order valence-electron chi connectivity index (χ2n) is 7.27. The number of hydrogen-bond donors (Lipinski definition) is 5. The number of H-pyrrole nitrogens is 1. The van der Waals surface area contributed by atoms with Crippen LogP contribution in [0.1, 0.15) is 26.3 Å². The lowest BCUT2D eigenvalue weighted by molar-refractivity contribution is -0.192.